The number of nitro groups is 1. The van der Waals surface area contributed by atoms with E-state index in [2.05, 4.69) is 10.6 Å². The zero-order valence-corrected chi connectivity index (χ0v) is 17.6. The number of rotatable bonds is 6. The molecule has 1 heterocycles. The van der Waals surface area contributed by atoms with Crippen LogP contribution in [0.5, 0.6) is 0 Å². The molecule has 3 aromatic carbocycles. The third kappa shape index (κ3) is 4.42. The molecule has 33 heavy (non-hydrogen) atoms. The van der Waals surface area contributed by atoms with E-state index in [1.165, 1.54) is 18.2 Å². The number of carbonyl (C=O) groups excluding carboxylic acids is 3. The van der Waals surface area contributed by atoms with Crippen molar-refractivity contribution in [3.63, 3.8) is 0 Å². The topological polar surface area (TPSA) is 122 Å². The quantitative estimate of drug-likeness (QED) is 0.339. The molecule has 2 N–H and O–H groups in total. The molecule has 4 rings (SSSR count). The van der Waals surface area contributed by atoms with Crippen LogP contribution in [0.25, 0.3) is 0 Å². The zero-order valence-electron chi connectivity index (χ0n) is 17.6. The molecule has 1 aliphatic heterocycles. The number of carbonyl (C=O) groups is 3. The first-order valence-electron chi connectivity index (χ1n) is 10.2. The van der Waals surface area contributed by atoms with Crippen LogP contribution in [0.3, 0.4) is 0 Å². The van der Waals surface area contributed by atoms with Crippen LogP contribution in [0, 0.1) is 17.0 Å². The molecule has 0 spiro atoms. The van der Waals surface area contributed by atoms with Gasteiger partial charge in [0.2, 0.25) is 0 Å². The highest BCUT2D eigenvalue weighted by Gasteiger charge is 2.40. The van der Waals surface area contributed by atoms with Crippen LogP contribution in [-0.4, -0.2) is 33.8 Å². The molecule has 0 radical (unpaired) electrons. The number of hydrogen-bond acceptors (Lipinski definition) is 5. The fraction of sp³-hybridized carbons (Fsp3) is 0.125. The Morgan fingerprint density at radius 1 is 0.970 bits per heavy atom. The van der Waals surface area contributed by atoms with E-state index in [0.29, 0.717) is 11.3 Å². The molecular weight excluding hydrogens is 424 g/mol. The molecule has 0 saturated heterocycles. The molecule has 0 fully saturated rings. The lowest BCUT2D eigenvalue weighted by molar-refractivity contribution is -0.384. The molecule has 3 aromatic rings. The number of anilines is 1. The van der Waals surface area contributed by atoms with Crippen molar-refractivity contribution in [2.24, 2.45) is 0 Å². The number of aryl methyl sites for hydroxylation is 1. The Hall–Kier alpha value is -4.53. The second-order valence-electron chi connectivity index (χ2n) is 7.59. The number of non-ortho nitro benzene ring substituents is 1. The summed E-state index contributed by atoms with van der Waals surface area (Å²) in [6, 6.07) is 19.1. The third-order valence-electron chi connectivity index (χ3n) is 5.38. The molecule has 4 amide bonds. The number of fused-ring (bicyclic) bond motifs is 1. The fourth-order valence-corrected chi connectivity index (χ4v) is 3.75. The summed E-state index contributed by atoms with van der Waals surface area (Å²) in [5.74, 6) is -0.966. The average molecular weight is 444 g/mol. The zero-order chi connectivity index (χ0) is 23.5. The van der Waals surface area contributed by atoms with Gasteiger partial charge in [0, 0.05) is 24.2 Å². The minimum atomic E-state index is -0.946. The van der Waals surface area contributed by atoms with Crippen molar-refractivity contribution in [3.05, 3.63) is 105 Å². The summed E-state index contributed by atoms with van der Waals surface area (Å²) < 4.78 is 0. The average Bonchev–Trinajstić information content (AvgIpc) is 3.05. The number of benzene rings is 3. The summed E-state index contributed by atoms with van der Waals surface area (Å²) >= 11 is 0. The van der Waals surface area contributed by atoms with E-state index in [0.717, 1.165) is 10.5 Å². The van der Waals surface area contributed by atoms with Crippen LogP contribution in [0.1, 0.15) is 31.8 Å². The van der Waals surface area contributed by atoms with Gasteiger partial charge in [0.05, 0.1) is 16.1 Å². The first kappa shape index (κ1) is 21.7. The van der Waals surface area contributed by atoms with E-state index in [-0.39, 0.29) is 23.2 Å². The van der Waals surface area contributed by atoms with Gasteiger partial charge in [-0.25, -0.2) is 4.79 Å². The van der Waals surface area contributed by atoms with Gasteiger partial charge in [-0.15, -0.1) is 0 Å². The molecule has 1 unspecified atom stereocenters. The molecule has 9 heteroatoms. The van der Waals surface area contributed by atoms with Gasteiger partial charge in [-0.1, -0.05) is 42.5 Å². The Morgan fingerprint density at radius 2 is 1.58 bits per heavy atom. The summed E-state index contributed by atoms with van der Waals surface area (Å²) in [5.41, 5.74) is 2.18. The third-order valence-corrected chi connectivity index (χ3v) is 5.38. The first-order chi connectivity index (χ1) is 15.8. The van der Waals surface area contributed by atoms with Crippen LogP contribution in [0.4, 0.5) is 16.2 Å². The summed E-state index contributed by atoms with van der Waals surface area (Å²) in [6.45, 7) is 1.63. The summed E-state index contributed by atoms with van der Waals surface area (Å²) in [6.07, 6.45) is -0.739. The van der Waals surface area contributed by atoms with Crippen molar-refractivity contribution in [1.29, 1.82) is 0 Å². The van der Waals surface area contributed by atoms with Crippen molar-refractivity contribution in [2.75, 3.05) is 5.32 Å². The minimum Gasteiger partial charge on any atom is -0.317 e. The maximum atomic E-state index is 13.0. The van der Waals surface area contributed by atoms with Gasteiger partial charge in [-0.3, -0.25) is 24.6 Å². The molecule has 0 saturated carbocycles. The van der Waals surface area contributed by atoms with Crippen molar-refractivity contribution in [3.8, 4) is 0 Å². The minimum absolute atomic E-state index is 0.0913. The maximum Gasteiger partial charge on any atom is 0.320 e. The van der Waals surface area contributed by atoms with Gasteiger partial charge in [0.1, 0.15) is 6.17 Å². The van der Waals surface area contributed by atoms with E-state index in [1.54, 1.807) is 31.2 Å². The number of nitro benzene ring substituents is 1. The van der Waals surface area contributed by atoms with Gasteiger partial charge >= 0.3 is 6.03 Å². The molecule has 9 nitrogen and oxygen atoms in total. The second-order valence-corrected chi connectivity index (χ2v) is 7.59. The second kappa shape index (κ2) is 8.91. The lowest BCUT2D eigenvalue weighted by Crippen LogP contribution is -2.53. The van der Waals surface area contributed by atoms with Gasteiger partial charge < -0.3 is 10.6 Å². The van der Waals surface area contributed by atoms with E-state index < -0.39 is 28.9 Å². The highest BCUT2D eigenvalue weighted by atomic mass is 16.6. The number of nitrogens with zero attached hydrogens (tertiary/aromatic N) is 2. The number of imide groups is 1. The largest absolute Gasteiger partial charge is 0.320 e. The maximum absolute atomic E-state index is 13.0. The Kier molecular flexibility index (Phi) is 5.86. The van der Waals surface area contributed by atoms with E-state index in [9.17, 15) is 24.5 Å². The SMILES string of the molecule is Cc1cc([N+](=O)[O-])ccc1NC(=O)NC(Cc1ccccc1)N1C(=O)c2ccccc2C1=O. The highest BCUT2D eigenvalue weighted by molar-refractivity contribution is 6.21. The molecule has 1 aliphatic rings. The molecule has 1 atom stereocenters. The molecule has 0 aliphatic carbocycles. The van der Waals surface area contributed by atoms with Crippen LogP contribution in [0.2, 0.25) is 0 Å². The summed E-state index contributed by atoms with van der Waals surface area (Å²) in [7, 11) is 0. The number of urea groups is 1. The molecule has 166 valence electrons. The van der Waals surface area contributed by atoms with E-state index in [1.807, 2.05) is 30.3 Å². The number of nitrogens with one attached hydrogen (secondary N) is 2. The fourth-order valence-electron chi connectivity index (χ4n) is 3.75. The predicted octanol–water partition coefficient (Wildman–Crippen LogP) is 3.89. The molecule has 0 aromatic heterocycles. The Labute approximate surface area is 189 Å². The monoisotopic (exact) mass is 444 g/mol. The highest BCUT2D eigenvalue weighted by Crippen LogP contribution is 2.26. The summed E-state index contributed by atoms with van der Waals surface area (Å²) in [5, 5.41) is 16.3. The van der Waals surface area contributed by atoms with Crippen molar-refractivity contribution < 1.29 is 19.3 Å². The first-order valence-corrected chi connectivity index (χ1v) is 10.2. The summed E-state index contributed by atoms with van der Waals surface area (Å²) in [4.78, 5) is 50.3. The Bertz CT molecular complexity index is 1220. The van der Waals surface area contributed by atoms with Crippen molar-refractivity contribution in [2.45, 2.75) is 19.5 Å². The number of amides is 4. The Morgan fingerprint density at radius 3 is 2.15 bits per heavy atom. The van der Waals surface area contributed by atoms with Crippen LogP contribution < -0.4 is 10.6 Å². The lowest BCUT2D eigenvalue weighted by atomic mass is 10.1. The van der Waals surface area contributed by atoms with E-state index >= 15 is 0 Å². The molecular formula is C24H20N4O5. The smallest absolute Gasteiger partial charge is 0.317 e. The van der Waals surface area contributed by atoms with Gasteiger partial charge in [-0.05, 0) is 36.2 Å². The van der Waals surface area contributed by atoms with Crippen molar-refractivity contribution in [1.82, 2.24) is 10.2 Å². The predicted molar refractivity (Wildman–Crippen MR) is 121 cm³/mol. The standard InChI is InChI=1S/C24H20N4O5/c1-15-13-17(28(32)33)11-12-20(15)25-24(31)26-21(14-16-7-3-2-4-8-16)27-22(29)18-9-5-6-10-19(18)23(27)30/h2-13,21H,14H2,1H3,(H2,25,26,31). The number of hydrogen-bond donors (Lipinski definition) is 2. The van der Waals surface area contributed by atoms with Crippen LogP contribution in [-0.2, 0) is 6.42 Å². The van der Waals surface area contributed by atoms with Gasteiger partial charge in [-0.2, -0.15) is 0 Å². The lowest BCUT2D eigenvalue weighted by Gasteiger charge is -2.27. The Balaban J connectivity index is 1.58. The van der Waals surface area contributed by atoms with E-state index in [4.69, 9.17) is 0 Å². The van der Waals surface area contributed by atoms with Gasteiger partial charge in [0.15, 0.2) is 0 Å². The van der Waals surface area contributed by atoms with Crippen LogP contribution in [0.15, 0.2) is 72.8 Å². The van der Waals surface area contributed by atoms with Crippen molar-refractivity contribution >= 4 is 29.2 Å². The molecule has 0 bridgehead atoms. The van der Waals surface area contributed by atoms with Gasteiger partial charge in [0.25, 0.3) is 17.5 Å². The normalized spacial score (nSPS) is 13.4. The van der Waals surface area contributed by atoms with Crippen LogP contribution >= 0.6 is 0 Å².